The van der Waals surface area contributed by atoms with Gasteiger partial charge in [0.15, 0.2) is 0 Å². The molecule has 3 heteroatoms. The Labute approximate surface area is 328 Å². The smallest absolute Gasteiger partial charge is 0.0782 e. The van der Waals surface area contributed by atoms with Crippen molar-refractivity contribution in [2.75, 3.05) is 9.80 Å². The van der Waals surface area contributed by atoms with Gasteiger partial charge in [-0.15, -0.1) is 0 Å². The van der Waals surface area contributed by atoms with Crippen molar-refractivity contribution in [3.63, 3.8) is 0 Å². The molecule has 0 radical (unpaired) electrons. The Kier molecular flexibility index (Phi) is 8.03. The summed E-state index contributed by atoms with van der Waals surface area (Å²) in [5.74, 6) is 0. The highest BCUT2D eigenvalue weighted by Gasteiger charge is 2.52. The molecule has 0 unspecified atom stereocenters. The fourth-order valence-electron chi connectivity index (χ4n) is 9.80. The molecule has 2 aliphatic heterocycles. The van der Waals surface area contributed by atoms with Crippen LogP contribution in [0.5, 0.6) is 0 Å². The molecule has 0 amide bonds. The standard InChI is InChI=1S/C51H45BrN2/c1-30-34(5)49(35(6)31(2)47(30)38-20-10-9-11-21-38)53-43-26-16-12-22-39(43)51(40-23-13-17-27-44(40)53)41-24-14-18-28-45(41)54(46-29-19-15-25-42(46)51)50-36(7)32(3)48(52)33(4)37(50)8/h9-29H,1-8H3. The number of nitrogens with zero attached hydrogens (tertiary/aromatic N) is 2. The number of rotatable bonds is 3. The Morgan fingerprint density at radius 1 is 0.352 bits per heavy atom. The van der Waals surface area contributed by atoms with Gasteiger partial charge in [-0.05, 0) is 158 Å². The van der Waals surface area contributed by atoms with Crippen LogP contribution in [0.3, 0.4) is 0 Å². The van der Waals surface area contributed by atoms with Gasteiger partial charge in [-0.1, -0.05) is 119 Å². The lowest BCUT2D eigenvalue weighted by molar-refractivity contribution is 0.718. The lowest BCUT2D eigenvalue weighted by atomic mass is 9.60. The van der Waals surface area contributed by atoms with E-state index in [9.17, 15) is 0 Å². The number of hydrogen-bond donors (Lipinski definition) is 0. The molecule has 2 heterocycles. The van der Waals surface area contributed by atoms with Gasteiger partial charge >= 0.3 is 0 Å². The molecule has 0 aliphatic carbocycles. The maximum atomic E-state index is 3.93. The van der Waals surface area contributed by atoms with Crippen LogP contribution in [-0.4, -0.2) is 0 Å². The van der Waals surface area contributed by atoms with E-state index in [0.717, 1.165) is 0 Å². The Bertz CT molecular complexity index is 2510. The molecule has 0 saturated carbocycles. The molecule has 1 spiro atoms. The largest absolute Gasteiger partial charge is 0.309 e. The first-order valence-electron chi connectivity index (χ1n) is 19.0. The maximum absolute atomic E-state index is 3.93. The summed E-state index contributed by atoms with van der Waals surface area (Å²) in [6, 6.07) is 47.5. The van der Waals surface area contributed by atoms with Gasteiger partial charge in [-0.2, -0.15) is 0 Å². The van der Waals surface area contributed by atoms with Gasteiger partial charge in [0.1, 0.15) is 0 Å². The predicted molar refractivity (Wildman–Crippen MR) is 232 cm³/mol. The van der Waals surface area contributed by atoms with Crippen molar-refractivity contribution in [3.8, 4) is 11.1 Å². The van der Waals surface area contributed by atoms with Gasteiger partial charge in [-0.25, -0.2) is 0 Å². The third-order valence-corrected chi connectivity index (χ3v) is 14.0. The summed E-state index contributed by atoms with van der Waals surface area (Å²) in [4.78, 5) is 5.12. The first kappa shape index (κ1) is 34.4. The molecular weight excluding hydrogens is 720 g/mol. The second-order valence-corrected chi connectivity index (χ2v) is 16.0. The van der Waals surface area contributed by atoms with Crippen molar-refractivity contribution < 1.29 is 0 Å². The van der Waals surface area contributed by atoms with Crippen molar-refractivity contribution in [3.05, 3.63) is 199 Å². The van der Waals surface area contributed by atoms with E-state index in [1.54, 1.807) is 0 Å². The zero-order valence-electron chi connectivity index (χ0n) is 32.4. The molecule has 54 heavy (non-hydrogen) atoms. The number of fused-ring (bicyclic) bond motifs is 8. The first-order chi connectivity index (χ1) is 26.1. The summed E-state index contributed by atoms with van der Waals surface area (Å²) in [6.07, 6.45) is 0. The van der Waals surface area contributed by atoms with Gasteiger partial charge < -0.3 is 9.80 Å². The van der Waals surface area contributed by atoms with Gasteiger partial charge in [0.25, 0.3) is 0 Å². The van der Waals surface area contributed by atoms with Crippen LogP contribution in [0.25, 0.3) is 11.1 Å². The van der Waals surface area contributed by atoms with Crippen molar-refractivity contribution in [1.82, 2.24) is 0 Å². The van der Waals surface area contributed by atoms with Crippen LogP contribution >= 0.6 is 15.9 Å². The van der Waals surface area contributed by atoms with Crippen molar-refractivity contribution >= 4 is 50.1 Å². The van der Waals surface area contributed by atoms with E-state index < -0.39 is 5.41 Å². The fourth-order valence-corrected chi connectivity index (χ4v) is 10.4. The van der Waals surface area contributed by atoms with Crippen LogP contribution in [0.4, 0.5) is 34.1 Å². The van der Waals surface area contributed by atoms with Gasteiger partial charge in [0.2, 0.25) is 0 Å². The fraction of sp³-hybridized carbons (Fsp3) is 0.176. The summed E-state index contributed by atoms with van der Waals surface area (Å²) in [5.41, 5.74) is 25.0. The topological polar surface area (TPSA) is 6.48 Å². The lowest BCUT2D eigenvalue weighted by Crippen LogP contribution is -2.42. The predicted octanol–water partition coefficient (Wildman–Crippen LogP) is 14.5. The minimum absolute atomic E-state index is 0.565. The highest BCUT2D eigenvalue weighted by atomic mass is 79.9. The van der Waals surface area contributed by atoms with E-state index >= 15 is 0 Å². The lowest BCUT2D eigenvalue weighted by Gasteiger charge is -2.52. The van der Waals surface area contributed by atoms with E-state index in [1.807, 2.05) is 0 Å². The molecule has 2 aliphatic rings. The van der Waals surface area contributed by atoms with Crippen molar-refractivity contribution in [1.29, 1.82) is 0 Å². The van der Waals surface area contributed by atoms with E-state index in [1.165, 1.54) is 116 Å². The number of anilines is 6. The molecule has 266 valence electrons. The van der Waals surface area contributed by atoms with Crippen LogP contribution < -0.4 is 9.80 Å². The average Bonchev–Trinajstić information content (AvgIpc) is 3.21. The quantitative estimate of drug-likeness (QED) is 0.177. The summed E-state index contributed by atoms with van der Waals surface area (Å²) in [6.45, 7) is 18.3. The summed E-state index contributed by atoms with van der Waals surface area (Å²) >= 11 is 3.93. The zero-order valence-corrected chi connectivity index (χ0v) is 34.0. The molecule has 0 atom stereocenters. The third kappa shape index (κ3) is 4.51. The molecule has 9 rings (SSSR count). The highest BCUT2D eigenvalue weighted by Crippen LogP contribution is 2.65. The molecule has 0 bridgehead atoms. The van der Waals surface area contributed by atoms with E-state index in [-0.39, 0.29) is 0 Å². The third-order valence-electron chi connectivity index (χ3n) is 12.8. The number of benzene rings is 7. The SMILES string of the molecule is Cc1c(C)c(N2c3ccccc3C3(c4ccccc42)c2ccccc2N(c2c(C)c(C)c(-c4ccccc4)c(C)c2C)c2ccccc23)c(C)c(C)c1Br. The van der Waals surface area contributed by atoms with E-state index in [0.29, 0.717) is 0 Å². The Hall–Kier alpha value is -5.38. The molecule has 0 aromatic heterocycles. The van der Waals surface area contributed by atoms with Gasteiger partial charge in [0, 0.05) is 4.47 Å². The van der Waals surface area contributed by atoms with E-state index in [4.69, 9.17) is 0 Å². The second-order valence-electron chi connectivity index (χ2n) is 15.2. The summed E-state index contributed by atoms with van der Waals surface area (Å²) in [7, 11) is 0. The normalized spacial score (nSPS) is 13.7. The molecule has 7 aromatic rings. The molecule has 0 fully saturated rings. The van der Waals surface area contributed by atoms with Crippen LogP contribution in [0, 0.1) is 55.4 Å². The number of para-hydroxylation sites is 4. The molecule has 0 saturated heterocycles. The average molecular weight is 766 g/mol. The van der Waals surface area contributed by atoms with Crippen LogP contribution in [0.15, 0.2) is 132 Å². The highest BCUT2D eigenvalue weighted by molar-refractivity contribution is 9.10. The zero-order chi connectivity index (χ0) is 37.6. The Balaban J connectivity index is 1.38. The summed E-state index contributed by atoms with van der Waals surface area (Å²) < 4.78 is 1.19. The van der Waals surface area contributed by atoms with Crippen molar-refractivity contribution in [2.45, 2.75) is 60.8 Å². The van der Waals surface area contributed by atoms with E-state index in [2.05, 4.69) is 209 Å². The van der Waals surface area contributed by atoms with Gasteiger partial charge in [-0.3, -0.25) is 0 Å². The molecule has 2 nitrogen and oxygen atoms in total. The van der Waals surface area contributed by atoms with Crippen molar-refractivity contribution in [2.24, 2.45) is 0 Å². The molecular formula is C51H45BrN2. The number of halogens is 1. The van der Waals surface area contributed by atoms with Crippen LogP contribution in [0.1, 0.15) is 66.8 Å². The van der Waals surface area contributed by atoms with Gasteiger partial charge in [0.05, 0.1) is 39.5 Å². The minimum Gasteiger partial charge on any atom is -0.309 e. The maximum Gasteiger partial charge on any atom is 0.0782 e. The number of hydrogen-bond acceptors (Lipinski definition) is 2. The monoisotopic (exact) mass is 764 g/mol. The first-order valence-corrected chi connectivity index (χ1v) is 19.8. The summed E-state index contributed by atoms with van der Waals surface area (Å²) in [5, 5.41) is 0. The van der Waals surface area contributed by atoms with Crippen LogP contribution in [0.2, 0.25) is 0 Å². The molecule has 0 N–H and O–H groups in total. The Morgan fingerprint density at radius 3 is 1.00 bits per heavy atom. The second kappa shape index (κ2) is 12.6. The molecule has 7 aromatic carbocycles. The Morgan fingerprint density at radius 2 is 0.648 bits per heavy atom. The van der Waals surface area contributed by atoms with Crippen LogP contribution in [-0.2, 0) is 5.41 Å². The minimum atomic E-state index is -0.565.